The number of amides is 2. The molecule has 2 aromatic carbocycles. The highest BCUT2D eigenvalue weighted by Crippen LogP contribution is 2.59. The van der Waals surface area contributed by atoms with Crippen LogP contribution in [0.1, 0.15) is 42.5 Å². The third kappa shape index (κ3) is 4.50. The van der Waals surface area contributed by atoms with Gasteiger partial charge in [-0.3, -0.25) is 14.3 Å². The first-order valence-electron chi connectivity index (χ1n) is 11.4. The maximum absolute atomic E-state index is 13.1. The summed E-state index contributed by atoms with van der Waals surface area (Å²) in [6.07, 6.45) is 4.25. The number of anilines is 1. The molecular formula is C24H24Cl3N3O4S. The molecule has 2 aromatic rings. The van der Waals surface area contributed by atoms with Crippen molar-refractivity contribution in [2.75, 3.05) is 4.72 Å². The van der Waals surface area contributed by atoms with Gasteiger partial charge in [-0.1, -0.05) is 40.9 Å². The number of hydrogen-bond donors (Lipinski definition) is 3. The van der Waals surface area contributed by atoms with Gasteiger partial charge in [0, 0.05) is 27.7 Å². The fourth-order valence-corrected chi connectivity index (χ4v) is 9.11. The zero-order valence-electron chi connectivity index (χ0n) is 18.6. The largest absolute Gasteiger partial charge is 0.369 e. The highest BCUT2D eigenvalue weighted by Gasteiger charge is 2.58. The molecule has 0 aliphatic heterocycles. The Balaban J connectivity index is 1.33. The van der Waals surface area contributed by atoms with E-state index < -0.39 is 15.4 Å². The first kappa shape index (κ1) is 24.7. The van der Waals surface area contributed by atoms with Crippen LogP contribution < -0.4 is 15.8 Å². The van der Waals surface area contributed by atoms with Crippen LogP contribution in [0.4, 0.5) is 5.69 Å². The lowest BCUT2D eigenvalue weighted by molar-refractivity contribution is -0.145. The van der Waals surface area contributed by atoms with Gasteiger partial charge in [0.2, 0.25) is 5.91 Å². The van der Waals surface area contributed by atoms with Crippen molar-refractivity contribution in [2.24, 2.45) is 28.9 Å². The third-order valence-electron chi connectivity index (χ3n) is 7.70. The smallest absolute Gasteiger partial charge is 0.264 e. The molecule has 0 spiro atoms. The zero-order chi connectivity index (χ0) is 25.1. The Labute approximate surface area is 218 Å². The first-order valence-corrected chi connectivity index (χ1v) is 14.0. The van der Waals surface area contributed by atoms with Gasteiger partial charge < -0.3 is 11.1 Å². The minimum atomic E-state index is -4.14. The van der Waals surface area contributed by atoms with E-state index in [1.807, 2.05) is 0 Å². The first-order chi connectivity index (χ1) is 16.5. The molecule has 0 radical (unpaired) electrons. The standard InChI is InChI=1S/C24H24Cl3N3O4S/c25-16-7-18(26)21(19(27)8-16)35(33,34)30-17-3-1-2-13(6-17)22(31)29-20-14-4-12-5-15(20)11-24(9-12,10-14)23(28)32/h1-3,6-8,12,14-15,20,30H,4-5,9-11H2,(H2,28,32)(H,29,31). The molecule has 2 atom stereocenters. The molecule has 4 bridgehead atoms. The molecule has 7 nitrogen and oxygen atoms in total. The summed E-state index contributed by atoms with van der Waals surface area (Å²) in [6.45, 7) is 0. The van der Waals surface area contributed by atoms with E-state index in [0.717, 1.165) is 19.3 Å². The van der Waals surface area contributed by atoms with Gasteiger partial charge in [-0.05, 0) is 80.2 Å². The van der Waals surface area contributed by atoms with E-state index in [4.69, 9.17) is 40.5 Å². The molecule has 4 saturated carbocycles. The Morgan fingerprint density at radius 1 is 0.971 bits per heavy atom. The number of nitrogens with two attached hydrogens (primary N) is 1. The predicted octanol–water partition coefficient (Wildman–Crippen LogP) is 4.86. The van der Waals surface area contributed by atoms with Crippen molar-refractivity contribution < 1.29 is 18.0 Å². The van der Waals surface area contributed by atoms with Crippen LogP contribution in [0.3, 0.4) is 0 Å². The fraction of sp³-hybridized carbons (Fsp3) is 0.417. The zero-order valence-corrected chi connectivity index (χ0v) is 21.6. The molecule has 4 aliphatic rings. The van der Waals surface area contributed by atoms with Crippen LogP contribution in [-0.2, 0) is 14.8 Å². The summed E-state index contributed by atoms with van der Waals surface area (Å²) in [5.41, 5.74) is 5.84. The third-order valence-corrected chi connectivity index (χ3v) is 10.2. The Kier molecular flexibility index (Phi) is 6.23. The highest BCUT2D eigenvalue weighted by molar-refractivity contribution is 7.93. The summed E-state index contributed by atoms with van der Waals surface area (Å²) in [4.78, 5) is 25.0. The van der Waals surface area contributed by atoms with Gasteiger partial charge >= 0.3 is 0 Å². The average molecular weight is 557 g/mol. The molecule has 35 heavy (non-hydrogen) atoms. The van der Waals surface area contributed by atoms with Crippen LogP contribution in [0, 0.1) is 23.2 Å². The molecule has 4 aliphatic carbocycles. The van der Waals surface area contributed by atoms with Crippen LogP contribution >= 0.6 is 34.8 Å². The number of hydrogen-bond acceptors (Lipinski definition) is 4. The van der Waals surface area contributed by atoms with E-state index >= 15 is 0 Å². The topological polar surface area (TPSA) is 118 Å². The molecule has 186 valence electrons. The maximum Gasteiger partial charge on any atom is 0.264 e. The number of benzene rings is 2. The summed E-state index contributed by atoms with van der Waals surface area (Å²) in [6, 6.07) is 8.77. The SMILES string of the molecule is NC(=O)C12CC3CC(C1)C(NC(=O)c1cccc(NS(=O)(=O)c4c(Cl)cc(Cl)cc4Cl)c1)C(C3)C2. The van der Waals surface area contributed by atoms with Gasteiger partial charge in [0.1, 0.15) is 4.90 Å². The van der Waals surface area contributed by atoms with E-state index in [-0.39, 0.29) is 55.3 Å². The Hall–Kier alpha value is -2.00. The number of sulfonamides is 1. The molecule has 4 N–H and O–H groups in total. The minimum Gasteiger partial charge on any atom is -0.369 e. The van der Waals surface area contributed by atoms with E-state index in [1.165, 1.54) is 24.3 Å². The van der Waals surface area contributed by atoms with Gasteiger partial charge in [-0.15, -0.1) is 0 Å². The number of nitrogens with one attached hydrogen (secondary N) is 2. The molecule has 6 rings (SSSR count). The molecule has 2 unspecified atom stereocenters. The summed E-state index contributed by atoms with van der Waals surface area (Å²) in [7, 11) is -4.14. The lowest BCUT2D eigenvalue weighted by Crippen LogP contribution is -2.62. The normalized spacial score (nSPS) is 29.1. The van der Waals surface area contributed by atoms with Crippen molar-refractivity contribution in [3.63, 3.8) is 0 Å². The van der Waals surface area contributed by atoms with Crippen molar-refractivity contribution >= 4 is 62.3 Å². The van der Waals surface area contributed by atoms with Crippen LogP contribution in [0.15, 0.2) is 41.3 Å². The second-order valence-corrected chi connectivity index (χ2v) is 12.9. The van der Waals surface area contributed by atoms with Crippen molar-refractivity contribution in [1.82, 2.24) is 5.32 Å². The lowest BCUT2D eigenvalue weighted by Gasteiger charge is -2.58. The van der Waals surface area contributed by atoms with E-state index in [9.17, 15) is 18.0 Å². The molecule has 2 amide bonds. The van der Waals surface area contributed by atoms with Gasteiger partial charge in [0.15, 0.2) is 0 Å². The molecule has 4 fully saturated rings. The second kappa shape index (κ2) is 8.83. The number of halogens is 3. The summed E-state index contributed by atoms with van der Waals surface area (Å²) in [5, 5.41) is 3.14. The van der Waals surface area contributed by atoms with Gasteiger partial charge in [-0.2, -0.15) is 0 Å². The van der Waals surface area contributed by atoms with Crippen molar-refractivity contribution in [1.29, 1.82) is 0 Å². The summed E-state index contributed by atoms with van der Waals surface area (Å²) < 4.78 is 28.3. The fourth-order valence-electron chi connectivity index (χ4n) is 6.51. The Bertz CT molecular complexity index is 1290. The predicted molar refractivity (Wildman–Crippen MR) is 135 cm³/mol. The molecular weight excluding hydrogens is 533 g/mol. The van der Waals surface area contributed by atoms with Crippen LogP contribution in [0.2, 0.25) is 15.1 Å². The number of primary amides is 1. The molecule has 11 heteroatoms. The van der Waals surface area contributed by atoms with Gasteiger partial charge in [-0.25, -0.2) is 8.42 Å². The van der Waals surface area contributed by atoms with Crippen molar-refractivity contribution in [3.8, 4) is 0 Å². The maximum atomic E-state index is 13.1. The van der Waals surface area contributed by atoms with Crippen molar-refractivity contribution in [2.45, 2.75) is 43.0 Å². The molecule has 0 saturated heterocycles. The average Bonchev–Trinajstić information content (AvgIpc) is 2.74. The second-order valence-electron chi connectivity index (χ2n) is 10.00. The van der Waals surface area contributed by atoms with E-state index in [1.54, 1.807) is 12.1 Å². The molecule has 0 aromatic heterocycles. The van der Waals surface area contributed by atoms with Crippen LogP contribution in [-0.4, -0.2) is 26.3 Å². The van der Waals surface area contributed by atoms with E-state index in [2.05, 4.69) is 10.0 Å². The van der Waals surface area contributed by atoms with E-state index in [0.29, 0.717) is 24.3 Å². The monoisotopic (exact) mass is 555 g/mol. The lowest BCUT2D eigenvalue weighted by atomic mass is 9.47. The number of rotatable bonds is 6. The van der Waals surface area contributed by atoms with Crippen LogP contribution in [0.5, 0.6) is 0 Å². The van der Waals surface area contributed by atoms with Gasteiger partial charge in [0.05, 0.1) is 10.0 Å². The highest BCUT2D eigenvalue weighted by atomic mass is 35.5. The Morgan fingerprint density at radius 3 is 2.20 bits per heavy atom. The summed E-state index contributed by atoms with van der Waals surface area (Å²) >= 11 is 18.1. The number of carbonyl (C=O) groups excluding carboxylic acids is 2. The molecule has 0 heterocycles. The Morgan fingerprint density at radius 2 is 1.60 bits per heavy atom. The van der Waals surface area contributed by atoms with Gasteiger partial charge in [0.25, 0.3) is 15.9 Å². The van der Waals surface area contributed by atoms with Crippen LogP contribution in [0.25, 0.3) is 0 Å². The number of carbonyl (C=O) groups is 2. The quantitative estimate of drug-likeness (QED) is 0.471. The minimum absolute atomic E-state index is 0.0291. The summed E-state index contributed by atoms with van der Waals surface area (Å²) in [5.74, 6) is 0.404. The van der Waals surface area contributed by atoms with Crippen molar-refractivity contribution in [3.05, 3.63) is 57.0 Å².